The van der Waals surface area contributed by atoms with Gasteiger partial charge >= 0.3 is 12.1 Å². The Morgan fingerprint density at radius 3 is 2.18 bits per heavy atom. The summed E-state index contributed by atoms with van der Waals surface area (Å²) < 4.78 is 41.7. The summed E-state index contributed by atoms with van der Waals surface area (Å²) in [6.07, 6.45) is -3.52. The first-order chi connectivity index (χ1) is 13.1. The van der Waals surface area contributed by atoms with Gasteiger partial charge in [0.15, 0.2) is 5.69 Å². The van der Waals surface area contributed by atoms with Gasteiger partial charge in [-0.15, -0.1) is 0 Å². The molecule has 9 heteroatoms. The monoisotopic (exact) mass is 397 g/mol. The van der Waals surface area contributed by atoms with Crippen molar-refractivity contribution in [3.05, 3.63) is 47.3 Å². The minimum atomic E-state index is -4.83. The molecule has 2 rings (SSSR count). The van der Waals surface area contributed by atoms with Crippen LogP contribution in [0.2, 0.25) is 0 Å². The smallest absolute Gasteiger partial charge is 0.434 e. The number of halogens is 3. The van der Waals surface area contributed by atoms with E-state index in [9.17, 15) is 27.9 Å². The van der Waals surface area contributed by atoms with Gasteiger partial charge in [-0.2, -0.15) is 18.3 Å². The quantitative estimate of drug-likeness (QED) is 0.744. The van der Waals surface area contributed by atoms with E-state index in [0.29, 0.717) is 4.68 Å². The molecule has 0 aliphatic heterocycles. The fraction of sp³-hybridized carbons (Fsp3) is 0.421. The van der Waals surface area contributed by atoms with Crippen LogP contribution in [0.1, 0.15) is 48.3 Å². The van der Waals surface area contributed by atoms with E-state index in [-0.39, 0.29) is 25.1 Å². The van der Waals surface area contributed by atoms with Crippen molar-refractivity contribution in [1.29, 1.82) is 0 Å². The van der Waals surface area contributed by atoms with Crippen LogP contribution in [0.4, 0.5) is 13.2 Å². The zero-order chi connectivity index (χ0) is 21.1. The molecule has 0 aliphatic rings. The summed E-state index contributed by atoms with van der Waals surface area (Å²) in [6.45, 7) is 4.83. The number of carboxylic acids is 1. The Hall–Kier alpha value is -2.84. The highest BCUT2D eigenvalue weighted by atomic mass is 19.4. The number of aromatic nitrogens is 2. The number of nitrogens with one attached hydrogen (secondary N) is 1. The second-order valence-corrected chi connectivity index (χ2v) is 6.63. The summed E-state index contributed by atoms with van der Waals surface area (Å²) in [4.78, 5) is 24.0. The number of aliphatic carboxylic acids is 1. The number of carboxylic acid groups (broad SMARTS) is 1. The van der Waals surface area contributed by atoms with Crippen LogP contribution in [0.3, 0.4) is 0 Å². The first-order valence-corrected chi connectivity index (χ1v) is 8.79. The lowest BCUT2D eigenvalue weighted by Crippen LogP contribution is -2.42. The van der Waals surface area contributed by atoms with Crippen molar-refractivity contribution < 1.29 is 27.9 Å². The van der Waals surface area contributed by atoms with Crippen LogP contribution < -0.4 is 5.32 Å². The Morgan fingerprint density at radius 2 is 1.71 bits per heavy atom. The zero-order valence-electron chi connectivity index (χ0n) is 15.8. The van der Waals surface area contributed by atoms with Crippen molar-refractivity contribution in [3.63, 3.8) is 0 Å². The van der Waals surface area contributed by atoms with Crippen LogP contribution in [0, 0.1) is 12.3 Å². The van der Waals surface area contributed by atoms with Crippen LogP contribution in [-0.4, -0.2) is 33.3 Å². The number of rotatable bonds is 7. The minimum absolute atomic E-state index is 0.166. The normalized spacial score (nSPS) is 12.1. The van der Waals surface area contributed by atoms with Gasteiger partial charge in [0, 0.05) is 6.54 Å². The molecule has 6 nitrogen and oxygen atoms in total. The molecular weight excluding hydrogens is 375 g/mol. The molecule has 0 radical (unpaired) electrons. The lowest BCUT2D eigenvalue weighted by atomic mass is 9.82. The van der Waals surface area contributed by atoms with E-state index in [0.717, 1.165) is 11.8 Å². The van der Waals surface area contributed by atoms with E-state index >= 15 is 0 Å². The number of nitrogens with zero attached hydrogens (tertiary/aromatic N) is 2. The summed E-state index contributed by atoms with van der Waals surface area (Å²) in [5.74, 6) is -2.12. The highest BCUT2D eigenvalue weighted by Gasteiger charge is 2.41. The molecule has 0 saturated carbocycles. The molecule has 0 saturated heterocycles. The third kappa shape index (κ3) is 4.18. The third-order valence-corrected chi connectivity index (χ3v) is 4.96. The van der Waals surface area contributed by atoms with E-state index in [1.54, 1.807) is 32.9 Å². The van der Waals surface area contributed by atoms with Crippen LogP contribution in [0.15, 0.2) is 30.5 Å². The van der Waals surface area contributed by atoms with Crippen LogP contribution >= 0.6 is 0 Å². The molecule has 0 aliphatic carbocycles. The Labute approximate surface area is 160 Å². The Kier molecular flexibility index (Phi) is 6.16. The molecule has 0 spiro atoms. The van der Waals surface area contributed by atoms with Gasteiger partial charge in [-0.1, -0.05) is 31.5 Å². The van der Waals surface area contributed by atoms with Crippen molar-refractivity contribution in [2.24, 2.45) is 5.41 Å². The molecule has 0 unspecified atom stereocenters. The lowest BCUT2D eigenvalue weighted by molar-refractivity contribution is -0.149. The number of amides is 1. The maximum Gasteiger partial charge on any atom is 0.434 e. The SMILES string of the molecule is CCC(CC)(CNC(=O)c1cnn(-c2ccc(C)cc2)c1C(F)(F)F)C(=O)O. The predicted octanol–water partition coefficient (Wildman–Crippen LogP) is 3.82. The molecule has 152 valence electrons. The predicted molar refractivity (Wildman–Crippen MR) is 96.3 cm³/mol. The fourth-order valence-electron chi connectivity index (χ4n) is 2.89. The molecular formula is C19H22F3N3O3. The molecule has 2 aromatic rings. The summed E-state index contributed by atoms with van der Waals surface area (Å²) >= 11 is 0. The third-order valence-electron chi connectivity index (χ3n) is 4.96. The average Bonchev–Trinajstić information content (AvgIpc) is 3.09. The van der Waals surface area contributed by atoms with Gasteiger partial charge in [-0.25, -0.2) is 4.68 Å². The van der Waals surface area contributed by atoms with Gasteiger partial charge in [0.25, 0.3) is 5.91 Å². The standard InChI is InChI=1S/C19H22F3N3O3/c1-4-18(5-2,17(27)28)11-23-16(26)14-10-24-25(15(14)19(20,21)22)13-8-6-12(3)7-9-13/h6-10H,4-5,11H2,1-3H3,(H,23,26)(H,27,28). The van der Waals surface area contributed by atoms with Gasteiger partial charge in [-0.05, 0) is 31.9 Å². The molecule has 0 atom stereocenters. The Bertz CT molecular complexity index is 854. The van der Waals surface area contributed by atoms with E-state index in [4.69, 9.17) is 0 Å². The highest BCUT2D eigenvalue weighted by Crippen LogP contribution is 2.34. The Balaban J connectivity index is 2.39. The van der Waals surface area contributed by atoms with Gasteiger partial charge in [0.05, 0.1) is 22.9 Å². The lowest BCUT2D eigenvalue weighted by Gasteiger charge is -2.26. The summed E-state index contributed by atoms with van der Waals surface area (Å²) in [5, 5.41) is 15.5. The average molecular weight is 397 g/mol. The summed E-state index contributed by atoms with van der Waals surface area (Å²) in [7, 11) is 0. The number of carbonyl (C=O) groups is 2. The molecule has 1 aromatic carbocycles. The number of carbonyl (C=O) groups excluding carboxylic acids is 1. The summed E-state index contributed by atoms with van der Waals surface area (Å²) in [5.41, 5.74) is -2.06. The maximum absolute atomic E-state index is 13.7. The number of alkyl halides is 3. The van der Waals surface area contributed by atoms with E-state index in [1.807, 2.05) is 0 Å². The van der Waals surface area contributed by atoms with E-state index < -0.39 is 34.7 Å². The largest absolute Gasteiger partial charge is 0.481 e. The van der Waals surface area contributed by atoms with Crippen LogP contribution in [-0.2, 0) is 11.0 Å². The number of aryl methyl sites for hydroxylation is 1. The fourth-order valence-corrected chi connectivity index (χ4v) is 2.89. The van der Waals surface area contributed by atoms with Gasteiger partial charge in [0.2, 0.25) is 0 Å². The van der Waals surface area contributed by atoms with Gasteiger partial charge in [0.1, 0.15) is 0 Å². The second-order valence-electron chi connectivity index (χ2n) is 6.63. The highest BCUT2D eigenvalue weighted by molar-refractivity contribution is 5.95. The Morgan fingerprint density at radius 1 is 1.14 bits per heavy atom. The molecule has 1 heterocycles. The molecule has 0 fully saturated rings. The molecule has 1 amide bonds. The summed E-state index contributed by atoms with van der Waals surface area (Å²) in [6, 6.07) is 6.23. The number of benzene rings is 1. The molecule has 0 bridgehead atoms. The molecule has 2 N–H and O–H groups in total. The molecule has 1 aromatic heterocycles. The van der Waals surface area contributed by atoms with Crippen LogP contribution in [0.5, 0.6) is 0 Å². The number of hydrogen-bond acceptors (Lipinski definition) is 3. The number of hydrogen-bond donors (Lipinski definition) is 2. The van der Waals surface area contributed by atoms with Crippen LogP contribution in [0.25, 0.3) is 5.69 Å². The van der Waals surface area contributed by atoms with Gasteiger partial charge < -0.3 is 10.4 Å². The van der Waals surface area contributed by atoms with Crippen molar-refractivity contribution >= 4 is 11.9 Å². The second kappa shape index (κ2) is 8.04. The van der Waals surface area contributed by atoms with Crippen molar-refractivity contribution in [2.75, 3.05) is 6.54 Å². The first-order valence-electron chi connectivity index (χ1n) is 8.79. The van der Waals surface area contributed by atoms with Crippen molar-refractivity contribution in [1.82, 2.24) is 15.1 Å². The van der Waals surface area contributed by atoms with Gasteiger partial charge in [-0.3, -0.25) is 9.59 Å². The van der Waals surface area contributed by atoms with Crippen molar-refractivity contribution in [3.8, 4) is 5.69 Å². The first kappa shape index (κ1) is 21.5. The maximum atomic E-state index is 13.7. The topological polar surface area (TPSA) is 84.2 Å². The van der Waals surface area contributed by atoms with E-state index in [1.165, 1.54) is 12.1 Å². The zero-order valence-corrected chi connectivity index (χ0v) is 15.8. The van der Waals surface area contributed by atoms with Crippen molar-refractivity contribution in [2.45, 2.75) is 39.8 Å². The minimum Gasteiger partial charge on any atom is -0.481 e. The molecule has 28 heavy (non-hydrogen) atoms. The van der Waals surface area contributed by atoms with E-state index in [2.05, 4.69) is 10.4 Å².